The largest absolute Gasteiger partial charge is 0.416 e. The molecule has 0 saturated heterocycles. The molecule has 0 fully saturated rings. The lowest BCUT2D eigenvalue weighted by atomic mass is 9.96. The molecule has 12 rings (SSSR count). The fraction of sp³-hybridized carbons (Fsp3) is 0.0161. The fourth-order valence-corrected chi connectivity index (χ4v) is 10.00. The molecule has 68 heavy (non-hydrogen) atoms. The van der Waals surface area contributed by atoms with Crippen LogP contribution in [0, 0.1) is 6.57 Å². The van der Waals surface area contributed by atoms with Crippen molar-refractivity contribution in [2.75, 3.05) is 0 Å². The highest BCUT2D eigenvalue weighted by molar-refractivity contribution is 6.14. The molecule has 6 heteroatoms. The van der Waals surface area contributed by atoms with Crippen LogP contribution in [0.25, 0.3) is 115 Å². The molecule has 12 aromatic rings. The van der Waals surface area contributed by atoms with E-state index in [1.165, 1.54) is 6.07 Å². The molecule has 0 unspecified atom stereocenters. The number of hydrogen-bond donors (Lipinski definition) is 0. The van der Waals surface area contributed by atoms with Gasteiger partial charge < -0.3 is 9.13 Å². The van der Waals surface area contributed by atoms with Gasteiger partial charge in [-0.2, -0.15) is 13.2 Å². The highest BCUT2D eigenvalue weighted by Crippen LogP contribution is 2.47. The predicted octanol–water partition coefficient (Wildman–Crippen LogP) is 17.8. The topological polar surface area (TPSA) is 14.2 Å². The molecule has 2 aromatic heterocycles. The van der Waals surface area contributed by atoms with E-state index in [2.05, 4.69) is 135 Å². The van der Waals surface area contributed by atoms with Gasteiger partial charge in [0.2, 0.25) is 0 Å². The van der Waals surface area contributed by atoms with Gasteiger partial charge in [0.15, 0.2) is 5.69 Å². The number of fused-ring (bicyclic) bond motifs is 6. The molecular formula is C62H38F3N3. The number of hydrogen-bond acceptors (Lipinski definition) is 0. The number of alkyl halides is 3. The van der Waals surface area contributed by atoms with Crippen LogP contribution in [0.5, 0.6) is 0 Å². The molecule has 0 N–H and O–H groups in total. The van der Waals surface area contributed by atoms with E-state index in [4.69, 9.17) is 6.57 Å². The van der Waals surface area contributed by atoms with E-state index in [1.54, 1.807) is 12.1 Å². The SMILES string of the molecule is [C-]#[N+]c1cccc(-n2c3ccc(-c4ccccc4)cc3c3cc(-c4ccccc4)ccc32)c1-c1cc(C(F)(F)F)ccc1-n1c2ccc(-c3ccccc3)cc2c2cc(-c3ccccc3)ccc21. The molecule has 0 aliphatic heterocycles. The van der Waals surface area contributed by atoms with Gasteiger partial charge >= 0.3 is 6.18 Å². The Kier molecular flexibility index (Phi) is 9.67. The van der Waals surface area contributed by atoms with Gasteiger partial charge in [0.1, 0.15) is 0 Å². The number of aromatic nitrogens is 2. The third kappa shape index (κ3) is 6.83. The Bertz CT molecular complexity index is 3740. The Morgan fingerprint density at radius 1 is 0.338 bits per heavy atom. The quantitative estimate of drug-likeness (QED) is 0.142. The summed E-state index contributed by atoms with van der Waals surface area (Å²) in [5, 5.41) is 3.87. The molecular weight excluding hydrogens is 844 g/mol. The first-order valence-electron chi connectivity index (χ1n) is 22.4. The van der Waals surface area contributed by atoms with E-state index in [9.17, 15) is 0 Å². The zero-order chi connectivity index (χ0) is 45.9. The van der Waals surface area contributed by atoms with Crippen LogP contribution in [0.3, 0.4) is 0 Å². The Morgan fingerprint density at radius 2 is 0.706 bits per heavy atom. The van der Waals surface area contributed by atoms with E-state index in [0.717, 1.165) is 94.2 Å². The lowest BCUT2D eigenvalue weighted by Crippen LogP contribution is -2.08. The Balaban J connectivity index is 1.16. The Labute approximate surface area is 390 Å². The first kappa shape index (κ1) is 40.6. The van der Waals surface area contributed by atoms with Crippen molar-refractivity contribution in [3.05, 3.63) is 248 Å². The zero-order valence-corrected chi connectivity index (χ0v) is 36.4. The van der Waals surface area contributed by atoms with Crippen LogP contribution in [0.1, 0.15) is 5.56 Å². The van der Waals surface area contributed by atoms with Gasteiger partial charge in [-0.15, -0.1) is 0 Å². The standard InChI is InChI=1S/C62H38F3N3/c1-66-54-23-14-24-60(68-57-32-27-46(42-19-10-4-11-20-42)37-51(57)52-38-47(28-33-58(52)68)43-21-12-5-13-22-43)61(54)53-39-48(62(63,64)65)29-34-59(53)67-55-30-25-44(40-15-6-2-7-16-40)35-49(55)50-36-45(26-31-56(50)67)41-17-8-3-9-18-41/h2-39H. The molecule has 0 aliphatic rings. The number of halogens is 3. The summed E-state index contributed by atoms with van der Waals surface area (Å²) in [6, 6.07) is 75.5. The molecule has 0 amide bonds. The third-order valence-corrected chi connectivity index (χ3v) is 13.2. The van der Waals surface area contributed by atoms with Crippen molar-refractivity contribution >= 4 is 49.3 Å². The van der Waals surface area contributed by atoms with Crippen LogP contribution < -0.4 is 0 Å². The molecule has 0 radical (unpaired) electrons. The van der Waals surface area contributed by atoms with Crippen molar-refractivity contribution in [2.45, 2.75) is 6.18 Å². The first-order chi connectivity index (χ1) is 33.3. The summed E-state index contributed by atoms with van der Waals surface area (Å²) in [5.41, 5.74) is 13.0. The summed E-state index contributed by atoms with van der Waals surface area (Å²) in [7, 11) is 0. The summed E-state index contributed by atoms with van der Waals surface area (Å²) in [5.74, 6) is 0. The van der Waals surface area contributed by atoms with E-state index >= 15 is 13.2 Å². The van der Waals surface area contributed by atoms with Crippen molar-refractivity contribution in [1.29, 1.82) is 0 Å². The molecule has 10 aromatic carbocycles. The average Bonchev–Trinajstić information content (AvgIpc) is 3.90. The van der Waals surface area contributed by atoms with E-state index in [1.807, 2.05) is 84.9 Å². The maximum Gasteiger partial charge on any atom is 0.416 e. The molecule has 0 saturated carbocycles. The minimum atomic E-state index is -4.66. The van der Waals surface area contributed by atoms with Gasteiger partial charge in [-0.3, -0.25) is 0 Å². The van der Waals surface area contributed by atoms with E-state index < -0.39 is 11.7 Å². The minimum absolute atomic E-state index is 0.235. The second kappa shape index (κ2) is 16.2. The lowest BCUT2D eigenvalue weighted by Gasteiger charge is -2.21. The summed E-state index contributed by atoms with van der Waals surface area (Å²) in [4.78, 5) is 4.06. The fourth-order valence-electron chi connectivity index (χ4n) is 10.00. The van der Waals surface area contributed by atoms with Gasteiger partial charge in [0.25, 0.3) is 0 Å². The molecule has 0 atom stereocenters. The van der Waals surface area contributed by atoms with E-state index in [0.29, 0.717) is 16.9 Å². The van der Waals surface area contributed by atoms with Crippen molar-refractivity contribution in [1.82, 2.24) is 9.13 Å². The van der Waals surface area contributed by atoms with Crippen molar-refractivity contribution in [3.8, 4) is 67.0 Å². The normalized spacial score (nSPS) is 11.7. The smallest absolute Gasteiger partial charge is 0.310 e. The first-order valence-corrected chi connectivity index (χ1v) is 22.4. The van der Waals surface area contributed by atoms with Crippen LogP contribution in [0.2, 0.25) is 0 Å². The van der Waals surface area contributed by atoms with Crippen LogP contribution >= 0.6 is 0 Å². The highest BCUT2D eigenvalue weighted by Gasteiger charge is 2.33. The van der Waals surface area contributed by atoms with Gasteiger partial charge in [-0.1, -0.05) is 158 Å². The number of benzene rings is 10. The average molecular weight is 882 g/mol. The zero-order valence-electron chi connectivity index (χ0n) is 36.4. The second-order valence-corrected chi connectivity index (χ2v) is 17.1. The van der Waals surface area contributed by atoms with Crippen LogP contribution in [0.4, 0.5) is 18.9 Å². The molecule has 2 heterocycles. The minimum Gasteiger partial charge on any atom is -0.310 e. The summed E-state index contributed by atoms with van der Waals surface area (Å²) >= 11 is 0. The molecule has 0 spiro atoms. The van der Waals surface area contributed by atoms with Gasteiger partial charge in [-0.25, -0.2) is 4.85 Å². The molecule has 322 valence electrons. The van der Waals surface area contributed by atoms with E-state index in [-0.39, 0.29) is 11.3 Å². The van der Waals surface area contributed by atoms with Crippen molar-refractivity contribution in [3.63, 3.8) is 0 Å². The lowest BCUT2D eigenvalue weighted by molar-refractivity contribution is -0.137. The van der Waals surface area contributed by atoms with Crippen molar-refractivity contribution < 1.29 is 13.2 Å². The maximum absolute atomic E-state index is 15.1. The van der Waals surface area contributed by atoms with Crippen molar-refractivity contribution in [2.24, 2.45) is 0 Å². The molecule has 0 bridgehead atoms. The number of rotatable bonds is 7. The highest BCUT2D eigenvalue weighted by atomic mass is 19.4. The maximum atomic E-state index is 15.1. The molecule has 0 aliphatic carbocycles. The van der Waals surface area contributed by atoms with Crippen LogP contribution in [-0.4, -0.2) is 9.13 Å². The van der Waals surface area contributed by atoms with Crippen LogP contribution in [-0.2, 0) is 6.18 Å². The number of nitrogens with zero attached hydrogens (tertiary/aromatic N) is 3. The monoisotopic (exact) mass is 881 g/mol. The third-order valence-electron chi connectivity index (χ3n) is 13.2. The van der Waals surface area contributed by atoms with Crippen LogP contribution in [0.15, 0.2) is 231 Å². The van der Waals surface area contributed by atoms with Gasteiger partial charge in [0.05, 0.1) is 39.9 Å². The summed E-state index contributed by atoms with van der Waals surface area (Å²) < 4.78 is 49.6. The second-order valence-electron chi connectivity index (χ2n) is 17.1. The Hall–Kier alpha value is -8.92. The predicted molar refractivity (Wildman–Crippen MR) is 274 cm³/mol. The summed E-state index contributed by atoms with van der Waals surface area (Å²) in [6.07, 6.45) is -4.66. The van der Waals surface area contributed by atoms with Gasteiger partial charge in [0, 0.05) is 32.8 Å². The summed E-state index contributed by atoms with van der Waals surface area (Å²) in [6.45, 7) is 8.61. The molecule has 3 nitrogen and oxygen atoms in total. The Morgan fingerprint density at radius 3 is 1.06 bits per heavy atom. The van der Waals surface area contributed by atoms with Gasteiger partial charge in [-0.05, 0) is 123 Å².